The van der Waals surface area contributed by atoms with Gasteiger partial charge in [0.05, 0.1) is 13.5 Å². The van der Waals surface area contributed by atoms with E-state index in [1.807, 2.05) is 0 Å². The Balaban J connectivity index is 2.09. The molecule has 0 aromatic heterocycles. The van der Waals surface area contributed by atoms with Gasteiger partial charge in [-0.25, -0.2) is 13.6 Å². The summed E-state index contributed by atoms with van der Waals surface area (Å²) in [6.45, 7) is 0.446. The third kappa shape index (κ3) is 2.95. The average molecular weight is 283 g/mol. The van der Waals surface area contributed by atoms with Gasteiger partial charge in [-0.3, -0.25) is 4.79 Å². The van der Waals surface area contributed by atoms with Crippen LogP contribution in [0.25, 0.3) is 0 Å². The fourth-order valence-corrected chi connectivity index (χ4v) is 2.38. The number of methoxy groups -OCH3 is 1. The monoisotopic (exact) mass is 283 g/mol. The van der Waals surface area contributed by atoms with Crippen LogP contribution < -0.4 is 0 Å². The summed E-state index contributed by atoms with van der Waals surface area (Å²) in [5.74, 6) is -2.27. The highest BCUT2D eigenvalue weighted by molar-refractivity contribution is 5.86. The molecule has 1 atom stereocenters. The summed E-state index contributed by atoms with van der Waals surface area (Å²) in [6, 6.07) is 2.49. The Kier molecular flexibility index (Phi) is 4.32. The van der Waals surface area contributed by atoms with Crippen molar-refractivity contribution >= 4 is 11.9 Å². The molecule has 0 saturated carbocycles. The maximum absolute atomic E-state index is 13.5. The van der Waals surface area contributed by atoms with E-state index in [9.17, 15) is 18.4 Å². The molecule has 2 rings (SSSR count). The number of hydrogen-bond donors (Lipinski definition) is 0. The van der Waals surface area contributed by atoms with Gasteiger partial charge in [-0.15, -0.1) is 0 Å². The van der Waals surface area contributed by atoms with Gasteiger partial charge in [0.2, 0.25) is 5.91 Å². The molecular weight excluding hydrogens is 268 g/mol. The van der Waals surface area contributed by atoms with Gasteiger partial charge < -0.3 is 9.64 Å². The van der Waals surface area contributed by atoms with E-state index in [1.54, 1.807) is 0 Å². The first-order valence-corrected chi connectivity index (χ1v) is 6.34. The Hall–Kier alpha value is -1.98. The zero-order valence-electron chi connectivity index (χ0n) is 11.1. The summed E-state index contributed by atoms with van der Waals surface area (Å²) in [7, 11) is 1.27. The van der Waals surface area contributed by atoms with Crippen molar-refractivity contribution in [3.8, 4) is 0 Å². The Labute approximate surface area is 115 Å². The van der Waals surface area contributed by atoms with Crippen molar-refractivity contribution in [3.63, 3.8) is 0 Å². The van der Waals surface area contributed by atoms with Gasteiger partial charge in [-0.05, 0) is 24.5 Å². The van der Waals surface area contributed by atoms with Crippen LogP contribution in [0.4, 0.5) is 8.78 Å². The molecule has 108 valence electrons. The summed E-state index contributed by atoms with van der Waals surface area (Å²) < 4.78 is 31.0. The van der Waals surface area contributed by atoms with Gasteiger partial charge in [0.15, 0.2) is 0 Å². The van der Waals surface area contributed by atoms with E-state index in [2.05, 4.69) is 4.74 Å². The van der Waals surface area contributed by atoms with Crippen LogP contribution >= 0.6 is 0 Å². The molecule has 1 aliphatic heterocycles. The standard InChI is InChI=1S/C14H15F2NO3/c1-20-14(19)12-3-2-6-17(12)13(18)7-9-4-5-10(15)8-11(9)16/h4-5,8,12H,2-3,6-7H2,1H3. The minimum atomic E-state index is -0.757. The van der Waals surface area contributed by atoms with Crippen LogP contribution in [0, 0.1) is 11.6 Å². The third-order valence-corrected chi connectivity index (χ3v) is 3.40. The number of carbonyl (C=O) groups is 2. The topological polar surface area (TPSA) is 46.6 Å². The van der Waals surface area contributed by atoms with Crippen LogP contribution in [0.15, 0.2) is 18.2 Å². The van der Waals surface area contributed by atoms with E-state index >= 15 is 0 Å². The molecule has 6 heteroatoms. The quantitative estimate of drug-likeness (QED) is 0.793. The van der Waals surface area contributed by atoms with Crippen molar-refractivity contribution < 1.29 is 23.1 Å². The number of ether oxygens (including phenoxy) is 1. The number of hydrogen-bond acceptors (Lipinski definition) is 3. The fourth-order valence-electron chi connectivity index (χ4n) is 2.38. The fraction of sp³-hybridized carbons (Fsp3) is 0.429. The van der Waals surface area contributed by atoms with Crippen molar-refractivity contribution in [2.45, 2.75) is 25.3 Å². The number of rotatable bonds is 3. The summed E-state index contributed by atoms with van der Waals surface area (Å²) in [6.07, 6.45) is 1.06. The first-order chi connectivity index (χ1) is 9.52. The second kappa shape index (κ2) is 5.98. The molecule has 0 spiro atoms. The predicted octanol–water partition coefficient (Wildman–Crippen LogP) is 1.67. The second-order valence-electron chi connectivity index (χ2n) is 4.68. The van der Waals surface area contributed by atoms with Crippen LogP contribution in [0.2, 0.25) is 0 Å². The number of halogens is 2. The summed E-state index contributed by atoms with van der Waals surface area (Å²) in [4.78, 5) is 25.1. The van der Waals surface area contributed by atoms with E-state index in [0.29, 0.717) is 19.4 Å². The number of carbonyl (C=O) groups excluding carboxylic acids is 2. The molecule has 1 fully saturated rings. The first-order valence-electron chi connectivity index (χ1n) is 6.34. The molecule has 1 aromatic carbocycles. The third-order valence-electron chi connectivity index (χ3n) is 3.40. The minimum absolute atomic E-state index is 0.118. The number of likely N-dealkylation sites (tertiary alicyclic amines) is 1. The van der Waals surface area contributed by atoms with Gasteiger partial charge in [-0.2, -0.15) is 0 Å². The van der Waals surface area contributed by atoms with Gasteiger partial charge >= 0.3 is 5.97 Å². The summed E-state index contributed by atoms with van der Waals surface area (Å²) in [5.41, 5.74) is 0.118. The van der Waals surface area contributed by atoms with Crippen LogP contribution in [0.3, 0.4) is 0 Å². The molecule has 20 heavy (non-hydrogen) atoms. The maximum atomic E-state index is 13.5. The average Bonchev–Trinajstić information content (AvgIpc) is 2.90. The van der Waals surface area contributed by atoms with Gasteiger partial charge in [-0.1, -0.05) is 6.07 Å². The molecule has 1 aromatic rings. The summed E-state index contributed by atoms with van der Waals surface area (Å²) in [5, 5.41) is 0. The van der Waals surface area contributed by atoms with E-state index in [-0.39, 0.29) is 17.9 Å². The molecule has 0 aliphatic carbocycles. The number of benzene rings is 1. The summed E-state index contributed by atoms with van der Waals surface area (Å²) >= 11 is 0. The Morgan fingerprint density at radius 2 is 2.15 bits per heavy atom. The zero-order chi connectivity index (χ0) is 14.7. The van der Waals surface area contributed by atoms with Gasteiger partial charge in [0.25, 0.3) is 0 Å². The molecule has 1 aliphatic rings. The SMILES string of the molecule is COC(=O)C1CCCN1C(=O)Cc1ccc(F)cc1F. The Bertz CT molecular complexity index is 533. The molecule has 0 bridgehead atoms. The van der Waals surface area contributed by atoms with Crippen LogP contribution in [-0.2, 0) is 20.7 Å². The molecule has 1 heterocycles. The lowest BCUT2D eigenvalue weighted by Gasteiger charge is -2.22. The van der Waals surface area contributed by atoms with Crippen LogP contribution in [0.1, 0.15) is 18.4 Å². The number of amides is 1. The predicted molar refractivity (Wildman–Crippen MR) is 66.8 cm³/mol. The largest absolute Gasteiger partial charge is 0.467 e. The van der Waals surface area contributed by atoms with E-state index in [1.165, 1.54) is 18.1 Å². The molecule has 1 saturated heterocycles. The van der Waals surface area contributed by atoms with Crippen molar-refractivity contribution in [2.24, 2.45) is 0 Å². The van der Waals surface area contributed by atoms with E-state index in [4.69, 9.17) is 0 Å². The highest BCUT2D eigenvalue weighted by Crippen LogP contribution is 2.20. The maximum Gasteiger partial charge on any atom is 0.328 e. The molecule has 1 amide bonds. The van der Waals surface area contributed by atoms with Crippen LogP contribution in [-0.4, -0.2) is 36.5 Å². The van der Waals surface area contributed by atoms with Crippen molar-refractivity contribution in [2.75, 3.05) is 13.7 Å². The lowest BCUT2D eigenvalue weighted by Crippen LogP contribution is -2.41. The Morgan fingerprint density at radius 1 is 1.40 bits per heavy atom. The molecule has 0 radical (unpaired) electrons. The first kappa shape index (κ1) is 14.4. The molecular formula is C14H15F2NO3. The normalized spacial score (nSPS) is 18.1. The molecule has 4 nitrogen and oxygen atoms in total. The molecule has 0 N–H and O–H groups in total. The lowest BCUT2D eigenvalue weighted by molar-refractivity contribution is -0.150. The van der Waals surface area contributed by atoms with Gasteiger partial charge in [0, 0.05) is 12.6 Å². The van der Waals surface area contributed by atoms with Crippen molar-refractivity contribution in [3.05, 3.63) is 35.4 Å². The molecule has 1 unspecified atom stereocenters. The highest BCUT2D eigenvalue weighted by Gasteiger charge is 2.34. The van der Waals surface area contributed by atoms with E-state index < -0.39 is 23.6 Å². The Morgan fingerprint density at radius 3 is 2.80 bits per heavy atom. The zero-order valence-corrected chi connectivity index (χ0v) is 11.1. The van der Waals surface area contributed by atoms with E-state index in [0.717, 1.165) is 12.1 Å². The number of esters is 1. The van der Waals surface area contributed by atoms with Gasteiger partial charge in [0.1, 0.15) is 17.7 Å². The van der Waals surface area contributed by atoms with Crippen LogP contribution in [0.5, 0.6) is 0 Å². The number of nitrogens with zero attached hydrogens (tertiary/aromatic N) is 1. The van der Waals surface area contributed by atoms with Crippen molar-refractivity contribution in [1.82, 2.24) is 4.90 Å². The highest BCUT2D eigenvalue weighted by atomic mass is 19.1. The smallest absolute Gasteiger partial charge is 0.328 e. The second-order valence-corrected chi connectivity index (χ2v) is 4.68. The van der Waals surface area contributed by atoms with Crippen molar-refractivity contribution in [1.29, 1.82) is 0 Å². The lowest BCUT2D eigenvalue weighted by atomic mass is 10.1. The minimum Gasteiger partial charge on any atom is -0.467 e.